The van der Waals surface area contributed by atoms with Crippen molar-refractivity contribution in [2.75, 3.05) is 0 Å². The molecule has 51 valence electrons. The summed E-state index contributed by atoms with van der Waals surface area (Å²) in [7, 11) is 0. The van der Waals surface area contributed by atoms with Crippen molar-refractivity contribution in [2.24, 2.45) is 0 Å². The number of hydrogen-bond donors (Lipinski definition) is 0. The first-order valence-electron chi connectivity index (χ1n) is 2.93. The molecule has 1 radical (unpaired) electrons. The predicted molar refractivity (Wildman–Crippen MR) is 40.5 cm³/mol. The van der Waals surface area contributed by atoms with Gasteiger partial charge in [-0.1, -0.05) is 12.8 Å². The number of rotatable bonds is 1. The van der Waals surface area contributed by atoms with E-state index < -0.39 is 0 Å². The van der Waals surface area contributed by atoms with Gasteiger partial charge in [-0.25, -0.2) is 0 Å². The number of hydrogen-bond acceptors (Lipinski definition) is 0. The third-order valence-electron chi connectivity index (χ3n) is 1.45. The molecule has 0 aromatic carbocycles. The van der Waals surface area contributed by atoms with Crippen LogP contribution in [0, 0.1) is 6.08 Å². The van der Waals surface area contributed by atoms with Crippen molar-refractivity contribution >= 4 is 12.4 Å². The predicted octanol–water partition coefficient (Wildman–Crippen LogP) is 2.43. The van der Waals surface area contributed by atoms with Crippen molar-refractivity contribution in [3.8, 4) is 0 Å². The summed E-state index contributed by atoms with van der Waals surface area (Å²) in [6, 6.07) is 0. The van der Waals surface area contributed by atoms with Gasteiger partial charge in [0.15, 0.2) is 0 Å². The number of allylic oxidation sites excluding steroid dienone is 6. The summed E-state index contributed by atoms with van der Waals surface area (Å²) in [5.41, 5.74) is 2.82. The maximum atomic E-state index is 3.26. The van der Waals surface area contributed by atoms with Crippen molar-refractivity contribution in [3.05, 3.63) is 35.5 Å². The molecule has 0 heterocycles. The third kappa shape index (κ3) is 2.21. The van der Waals surface area contributed by atoms with Crippen molar-refractivity contribution in [3.63, 3.8) is 0 Å². The van der Waals surface area contributed by atoms with Crippen LogP contribution in [-0.4, -0.2) is 0 Å². The minimum atomic E-state index is 0. The van der Waals surface area contributed by atoms with Crippen LogP contribution in [0.4, 0.5) is 0 Å². The first-order valence-corrected chi connectivity index (χ1v) is 2.93. The summed E-state index contributed by atoms with van der Waals surface area (Å²) in [6.45, 7) is 0. The Bertz CT molecular complexity index is 201. The molecule has 0 amide bonds. The molecule has 0 saturated heterocycles. The topological polar surface area (TPSA) is 0 Å². The minimum absolute atomic E-state index is 0. The zero-order valence-electron chi connectivity index (χ0n) is 5.63. The molecule has 10 heavy (non-hydrogen) atoms. The van der Waals surface area contributed by atoms with E-state index in [1.54, 1.807) is 0 Å². The summed E-state index contributed by atoms with van der Waals surface area (Å²) in [6.07, 6.45) is 12.0. The Morgan fingerprint density at radius 2 is 2.10 bits per heavy atom. The fraction of sp³-hybridized carbons (Fsp3) is 0.250. The largest absolute Gasteiger partial charge is 0.198 e. The van der Waals surface area contributed by atoms with Gasteiger partial charge in [-0.15, -0.1) is 24.6 Å². The fourth-order valence-electron chi connectivity index (χ4n) is 0.896. The van der Waals surface area contributed by atoms with Crippen LogP contribution in [0.5, 0.6) is 0 Å². The van der Waals surface area contributed by atoms with Crippen molar-refractivity contribution < 1.29 is 25.8 Å². The molecule has 0 fully saturated rings. The van der Waals surface area contributed by atoms with Crippen molar-refractivity contribution in [1.82, 2.24) is 0 Å². The summed E-state index contributed by atoms with van der Waals surface area (Å²) < 4.78 is 0. The smallest absolute Gasteiger partial charge is 0 e. The molecule has 0 spiro atoms. The van der Waals surface area contributed by atoms with E-state index >= 15 is 0 Å². The normalized spacial score (nSPS) is 18.4. The number of halogens is 1. The monoisotopic (exact) mass is 184 g/mol. The van der Waals surface area contributed by atoms with Crippen LogP contribution < -0.4 is 0 Å². The van der Waals surface area contributed by atoms with E-state index in [4.69, 9.17) is 0 Å². The quantitative estimate of drug-likeness (QED) is 0.549. The Labute approximate surface area is 86.3 Å². The van der Waals surface area contributed by atoms with Gasteiger partial charge >= 0.3 is 0 Å². The second-order valence-corrected chi connectivity index (χ2v) is 2.13. The Hall–Kier alpha value is 0.380. The summed E-state index contributed by atoms with van der Waals surface area (Å²) >= 11 is 0. The van der Waals surface area contributed by atoms with Crippen LogP contribution in [0.3, 0.4) is 0 Å². The van der Waals surface area contributed by atoms with E-state index in [-0.39, 0.29) is 38.3 Å². The van der Waals surface area contributed by atoms with Gasteiger partial charge in [-0.05, 0) is 0 Å². The molecule has 0 aliphatic heterocycles. The Morgan fingerprint density at radius 1 is 1.40 bits per heavy atom. The standard InChI is InChI=1S/C8H7.ClH.Sc/c1-2-4-7(3-1)8-5-6-8;;/h1,3,5H,2,6H2;1H;/q-1;;. The van der Waals surface area contributed by atoms with E-state index in [0.29, 0.717) is 0 Å². The molecule has 0 atom stereocenters. The average Bonchev–Trinajstić information content (AvgIpc) is 2.49. The fourth-order valence-corrected chi connectivity index (χ4v) is 0.896. The Morgan fingerprint density at radius 3 is 2.50 bits per heavy atom. The first kappa shape index (κ1) is 10.4. The average molecular weight is 185 g/mol. The molecular weight excluding hydrogens is 176 g/mol. The van der Waals surface area contributed by atoms with Gasteiger partial charge in [0.05, 0.1) is 0 Å². The van der Waals surface area contributed by atoms with E-state index in [1.165, 1.54) is 17.6 Å². The van der Waals surface area contributed by atoms with Gasteiger partial charge in [0.1, 0.15) is 0 Å². The molecule has 0 aromatic rings. The summed E-state index contributed by atoms with van der Waals surface area (Å²) in [4.78, 5) is 0. The Kier molecular flexibility index (Phi) is 4.46. The van der Waals surface area contributed by atoms with Crippen LogP contribution >= 0.6 is 12.4 Å². The van der Waals surface area contributed by atoms with E-state index in [9.17, 15) is 0 Å². The van der Waals surface area contributed by atoms with Gasteiger partial charge in [0.25, 0.3) is 0 Å². The summed E-state index contributed by atoms with van der Waals surface area (Å²) in [5.74, 6) is 0. The molecule has 2 aliphatic carbocycles. The van der Waals surface area contributed by atoms with Gasteiger partial charge in [0.2, 0.25) is 0 Å². The van der Waals surface area contributed by atoms with Gasteiger partial charge in [-0.2, -0.15) is 23.3 Å². The maximum Gasteiger partial charge on any atom is 0 e. The maximum absolute atomic E-state index is 3.26. The molecule has 0 bridgehead atoms. The molecule has 2 aliphatic rings. The zero-order valence-corrected chi connectivity index (χ0v) is 8.25. The van der Waals surface area contributed by atoms with Crippen LogP contribution in [-0.2, 0) is 25.8 Å². The Balaban J connectivity index is 0.000000405. The second kappa shape index (κ2) is 4.30. The molecule has 0 aromatic heterocycles. The van der Waals surface area contributed by atoms with Crippen molar-refractivity contribution in [2.45, 2.75) is 12.8 Å². The van der Waals surface area contributed by atoms with Crippen LogP contribution in [0.15, 0.2) is 29.4 Å². The summed E-state index contributed by atoms with van der Waals surface area (Å²) in [5, 5.41) is 0. The molecule has 2 rings (SSSR count). The molecule has 0 unspecified atom stereocenters. The van der Waals surface area contributed by atoms with Gasteiger partial charge in [-0.3, -0.25) is 0 Å². The second-order valence-electron chi connectivity index (χ2n) is 2.13. The molecule has 0 nitrogen and oxygen atoms in total. The molecular formula is C8H8ClSc-. The van der Waals surface area contributed by atoms with E-state index in [1.807, 2.05) is 0 Å². The molecule has 0 N–H and O–H groups in total. The molecule has 2 heteroatoms. The minimum Gasteiger partial charge on any atom is -0.198 e. The van der Waals surface area contributed by atoms with Crippen LogP contribution in [0.1, 0.15) is 12.8 Å². The first-order chi connectivity index (χ1) is 3.97. The zero-order chi connectivity index (χ0) is 5.40. The van der Waals surface area contributed by atoms with Crippen LogP contribution in [0.25, 0.3) is 0 Å². The van der Waals surface area contributed by atoms with Gasteiger partial charge in [0, 0.05) is 25.8 Å². The van der Waals surface area contributed by atoms with Gasteiger partial charge < -0.3 is 0 Å². The SMILES string of the molecule is Cl.[C-]1=C(C2=CC2)C=CC1.[Sc]. The third-order valence-corrected chi connectivity index (χ3v) is 1.45. The molecule has 0 saturated carbocycles. The van der Waals surface area contributed by atoms with E-state index in [0.717, 1.165) is 6.42 Å². The van der Waals surface area contributed by atoms with Crippen molar-refractivity contribution in [1.29, 1.82) is 0 Å². The van der Waals surface area contributed by atoms with E-state index in [2.05, 4.69) is 24.3 Å². The van der Waals surface area contributed by atoms with Crippen LogP contribution in [0.2, 0.25) is 0 Å².